The van der Waals surface area contributed by atoms with E-state index in [1.165, 1.54) is 21.3 Å². The largest absolute Gasteiger partial charge is 0.477 e. The highest BCUT2D eigenvalue weighted by molar-refractivity contribution is 7.89. The fourth-order valence-electron chi connectivity index (χ4n) is 5.31. The van der Waals surface area contributed by atoms with Gasteiger partial charge in [-0.15, -0.1) is 11.3 Å². The number of hydrogen-bond acceptors (Lipinski definition) is 6. The van der Waals surface area contributed by atoms with E-state index in [1.807, 2.05) is 20.8 Å². The molecule has 1 amide bonds. The summed E-state index contributed by atoms with van der Waals surface area (Å²) in [5.74, 6) is 5.49. The van der Waals surface area contributed by atoms with E-state index in [-0.39, 0.29) is 46.3 Å². The van der Waals surface area contributed by atoms with E-state index in [0.717, 1.165) is 37.0 Å². The summed E-state index contributed by atoms with van der Waals surface area (Å²) < 4.78 is 29.2. The monoisotopic (exact) mass is 574 g/mol. The summed E-state index contributed by atoms with van der Waals surface area (Å²) >= 11 is 1.09. The highest BCUT2D eigenvalue weighted by Gasteiger charge is 2.39. The fraction of sp³-hybridized carbons (Fsp3) is 0.607. The number of amides is 1. The van der Waals surface area contributed by atoms with E-state index in [2.05, 4.69) is 23.9 Å². The zero-order valence-electron chi connectivity index (χ0n) is 23.3. The average molecular weight is 575 g/mol. The van der Waals surface area contributed by atoms with Crippen LogP contribution in [0.2, 0.25) is 0 Å². The van der Waals surface area contributed by atoms with Gasteiger partial charge in [-0.1, -0.05) is 18.8 Å². The summed E-state index contributed by atoms with van der Waals surface area (Å²) in [6, 6.07) is 2.90. The number of hydrogen-bond donors (Lipinski definition) is 1. The average Bonchev–Trinajstić information content (AvgIpc) is 3.50. The van der Waals surface area contributed by atoms with Crippen LogP contribution in [0.1, 0.15) is 80.8 Å². The van der Waals surface area contributed by atoms with Crippen LogP contribution >= 0.6 is 11.3 Å². The van der Waals surface area contributed by atoms with Gasteiger partial charge in [0.2, 0.25) is 5.91 Å². The van der Waals surface area contributed by atoms with Gasteiger partial charge in [-0.05, 0) is 77.3 Å². The Morgan fingerprint density at radius 3 is 2.31 bits per heavy atom. The molecule has 1 saturated carbocycles. The molecule has 3 heterocycles. The van der Waals surface area contributed by atoms with E-state index in [0.29, 0.717) is 29.3 Å². The maximum absolute atomic E-state index is 14.1. The SMILES string of the molecule is CC1CCC(C(=O)N(c2cc(C#CC(C)(C)C)sc2C(=O)O)C2CCN(S(=O)(=O)c3ccnn3C)CC2)CC1. The Balaban J connectivity index is 1.67. The molecule has 0 unspecified atom stereocenters. The quantitative estimate of drug-likeness (QED) is 0.505. The summed E-state index contributed by atoms with van der Waals surface area (Å²) in [7, 11) is -2.14. The van der Waals surface area contributed by atoms with E-state index < -0.39 is 16.0 Å². The van der Waals surface area contributed by atoms with Crippen LogP contribution < -0.4 is 4.90 Å². The van der Waals surface area contributed by atoms with Gasteiger partial charge in [0.15, 0.2) is 5.03 Å². The van der Waals surface area contributed by atoms with Crippen molar-refractivity contribution < 1.29 is 23.1 Å². The third kappa shape index (κ3) is 6.56. The van der Waals surface area contributed by atoms with E-state index >= 15 is 0 Å². The van der Waals surface area contributed by atoms with Gasteiger partial charge in [0.1, 0.15) is 4.88 Å². The third-order valence-corrected chi connectivity index (χ3v) is 10.5. The van der Waals surface area contributed by atoms with Crippen molar-refractivity contribution in [2.45, 2.75) is 77.3 Å². The van der Waals surface area contributed by atoms with Crippen molar-refractivity contribution in [3.05, 3.63) is 28.1 Å². The minimum absolute atomic E-state index is 0.0644. The Bertz CT molecular complexity index is 1380. The molecule has 2 aromatic heterocycles. The van der Waals surface area contributed by atoms with Crippen LogP contribution in [0.3, 0.4) is 0 Å². The smallest absolute Gasteiger partial charge is 0.348 e. The molecule has 2 fully saturated rings. The maximum Gasteiger partial charge on any atom is 0.348 e. The molecule has 2 aromatic rings. The molecule has 0 atom stereocenters. The van der Waals surface area contributed by atoms with Crippen molar-refractivity contribution in [1.29, 1.82) is 0 Å². The predicted molar refractivity (Wildman–Crippen MR) is 151 cm³/mol. The first kappa shape index (κ1) is 29.3. The highest BCUT2D eigenvalue weighted by Crippen LogP contribution is 2.38. The molecule has 1 aliphatic heterocycles. The Morgan fingerprint density at radius 1 is 1.13 bits per heavy atom. The molecule has 0 radical (unpaired) electrons. The lowest BCUT2D eigenvalue weighted by atomic mass is 9.82. The van der Waals surface area contributed by atoms with Crippen LogP contribution in [-0.2, 0) is 21.9 Å². The van der Waals surface area contributed by atoms with Gasteiger partial charge in [0.25, 0.3) is 10.0 Å². The van der Waals surface area contributed by atoms with Gasteiger partial charge in [-0.25, -0.2) is 13.2 Å². The van der Waals surface area contributed by atoms with Crippen LogP contribution in [0.5, 0.6) is 0 Å². The second kappa shape index (κ2) is 11.4. The summed E-state index contributed by atoms with van der Waals surface area (Å²) in [5, 5.41) is 14.2. The van der Waals surface area contributed by atoms with Crippen molar-refractivity contribution in [2.75, 3.05) is 18.0 Å². The molecule has 9 nitrogen and oxygen atoms in total. The lowest BCUT2D eigenvalue weighted by molar-refractivity contribution is -0.124. The molecule has 0 aromatic carbocycles. The number of aromatic carboxylic acids is 1. The molecule has 1 saturated heterocycles. The van der Waals surface area contributed by atoms with Gasteiger partial charge in [-0.2, -0.15) is 9.40 Å². The number of anilines is 1. The number of piperidine rings is 1. The van der Waals surface area contributed by atoms with Crippen molar-refractivity contribution in [3.63, 3.8) is 0 Å². The van der Waals surface area contributed by atoms with Crippen molar-refractivity contribution in [3.8, 4) is 11.8 Å². The first-order valence-electron chi connectivity index (χ1n) is 13.5. The maximum atomic E-state index is 14.1. The molecule has 39 heavy (non-hydrogen) atoms. The molecule has 4 rings (SSSR count). The number of sulfonamides is 1. The molecule has 0 spiro atoms. The number of thiophene rings is 1. The van der Waals surface area contributed by atoms with Crippen molar-refractivity contribution in [1.82, 2.24) is 14.1 Å². The van der Waals surface area contributed by atoms with Crippen LogP contribution in [0.25, 0.3) is 0 Å². The lowest BCUT2D eigenvalue weighted by Gasteiger charge is -2.40. The topological polar surface area (TPSA) is 113 Å². The fourth-order valence-corrected chi connectivity index (χ4v) is 7.72. The van der Waals surface area contributed by atoms with Gasteiger partial charge < -0.3 is 10.0 Å². The molecular formula is C28H38N4O5S2. The zero-order chi connectivity index (χ0) is 28.5. The van der Waals surface area contributed by atoms with Crippen LogP contribution in [0.15, 0.2) is 23.4 Å². The Morgan fingerprint density at radius 2 is 1.77 bits per heavy atom. The van der Waals surface area contributed by atoms with Gasteiger partial charge in [-0.3, -0.25) is 9.48 Å². The first-order chi connectivity index (χ1) is 18.3. The Labute approximate surface area is 235 Å². The number of nitrogens with zero attached hydrogens (tertiary/aromatic N) is 4. The molecule has 2 aliphatic rings. The number of carbonyl (C=O) groups excluding carboxylic acids is 1. The molecule has 1 aliphatic carbocycles. The van der Waals surface area contributed by atoms with E-state index in [9.17, 15) is 23.1 Å². The zero-order valence-corrected chi connectivity index (χ0v) is 24.9. The molecule has 1 N–H and O–H groups in total. The third-order valence-electron chi connectivity index (χ3n) is 7.50. The normalized spacial score (nSPS) is 21.3. The summed E-state index contributed by atoms with van der Waals surface area (Å²) in [5.41, 5.74) is 0.121. The van der Waals surface area contributed by atoms with Gasteiger partial charge >= 0.3 is 5.97 Å². The number of rotatable bonds is 6. The molecular weight excluding hydrogens is 536 g/mol. The second-order valence-electron chi connectivity index (χ2n) is 11.7. The summed E-state index contributed by atoms with van der Waals surface area (Å²) in [4.78, 5) is 28.8. The van der Waals surface area contributed by atoms with Crippen LogP contribution in [-0.4, -0.2) is 58.6 Å². The van der Waals surface area contributed by atoms with E-state index in [1.54, 1.807) is 18.0 Å². The second-order valence-corrected chi connectivity index (χ2v) is 14.7. The molecule has 0 bridgehead atoms. The van der Waals surface area contributed by atoms with Crippen molar-refractivity contribution in [2.24, 2.45) is 24.3 Å². The number of carboxylic acids is 1. The molecule has 212 valence electrons. The minimum Gasteiger partial charge on any atom is -0.477 e. The number of aromatic nitrogens is 2. The molecule has 11 heteroatoms. The van der Waals surface area contributed by atoms with Crippen molar-refractivity contribution >= 4 is 38.9 Å². The van der Waals surface area contributed by atoms with Crippen LogP contribution in [0.4, 0.5) is 5.69 Å². The number of carbonyl (C=O) groups is 2. The van der Waals surface area contributed by atoms with E-state index in [4.69, 9.17) is 0 Å². The number of aryl methyl sites for hydroxylation is 1. The lowest BCUT2D eigenvalue weighted by Crippen LogP contribution is -2.51. The Kier molecular flexibility index (Phi) is 8.59. The standard InChI is InChI=1S/C28H38N4O5S2/c1-19-6-8-20(9-7-19)26(33)32(23-18-22(10-14-28(2,3)4)38-25(23)27(34)35)21-12-16-31(17-13-21)39(36,37)24-11-15-29-30(24)5/h11,15,18-21H,6-9,12-13,16-17H2,1-5H3,(H,34,35). The summed E-state index contributed by atoms with van der Waals surface area (Å²) in [6.45, 7) is 8.61. The summed E-state index contributed by atoms with van der Waals surface area (Å²) in [6.07, 6.45) is 5.73. The first-order valence-corrected chi connectivity index (χ1v) is 15.7. The number of carboxylic acid groups (broad SMARTS) is 1. The van der Waals surface area contributed by atoms with Gasteiger partial charge in [0.05, 0.1) is 16.8 Å². The minimum atomic E-state index is -3.73. The highest BCUT2D eigenvalue weighted by atomic mass is 32.2. The van der Waals surface area contributed by atoms with Gasteiger partial charge in [0, 0.05) is 37.5 Å². The Hall–Kier alpha value is -2.68. The predicted octanol–water partition coefficient (Wildman–Crippen LogP) is 4.59. The van der Waals surface area contributed by atoms with Crippen LogP contribution in [0, 0.1) is 29.1 Å².